The van der Waals surface area contributed by atoms with Crippen LogP contribution < -0.4 is 20.4 Å². The lowest BCUT2D eigenvalue weighted by Gasteiger charge is -2.30. The molecular formula is C25H34N6. The summed E-state index contributed by atoms with van der Waals surface area (Å²) in [6.07, 6.45) is 4.60. The van der Waals surface area contributed by atoms with Crippen LogP contribution in [0.3, 0.4) is 0 Å². The van der Waals surface area contributed by atoms with E-state index in [4.69, 9.17) is 9.97 Å². The molecule has 31 heavy (non-hydrogen) atoms. The molecule has 0 unspecified atom stereocenters. The Morgan fingerprint density at radius 1 is 0.806 bits per heavy atom. The first kappa shape index (κ1) is 21.4. The lowest BCUT2D eigenvalue weighted by molar-refractivity contribution is 0.352. The van der Waals surface area contributed by atoms with Gasteiger partial charge in [0.25, 0.3) is 0 Å². The zero-order chi connectivity index (χ0) is 21.8. The lowest BCUT2D eigenvalue weighted by atomic mass is 9.91. The summed E-state index contributed by atoms with van der Waals surface area (Å²) in [4.78, 5) is 13.7. The van der Waals surface area contributed by atoms with Gasteiger partial charge >= 0.3 is 0 Å². The standard InChI is InChI=1S/C25H34N6/c1-30(2)21-15-9-18(10-16-21)17-26-19-11-13-20(14-12-19)27-25-28-23-8-6-5-7-22(23)24(29-25)31(3)4/h5-10,15-16,19-20,26H,11-14,17H2,1-4H3,(H,27,28,29)/t19-,20+. The van der Waals surface area contributed by atoms with Crippen molar-refractivity contribution in [1.82, 2.24) is 15.3 Å². The predicted octanol–water partition coefficient (Wildman–Crippen LogP) is 4.27. The minimum atomic E-state index is 0.425. The summed E-state index contributed by atoms with van der Waals surface area (Å²) in [7, 11) is 8.21. The van der Waals surface area contributed by atoms with Crippen LogP contribution in [0.4, 0.5) is 17.5 Å². The van der Waals surface area contributed by atoms with Gasteiger partial charge in [0.15, 0.2) is 0 Å². The van der Waals surface area contributed by atoms with Crippen molar-refractivity contribution in [1.29, 1.82) is 0 Å². The van der Waals surface area contributed by atoms with Crippen LogP contribution in [0.1, 0.15) is 31.2 Å². The Hall–Kier alpha value is -2.86. The van der Waals surface area contributed by atoms with Crippen molar-refractivity contribution >= 4 is 28.4 Å². The number of nitrogens with one attached hydrogen (secondary N) is 2. The van der Waals surface area contributed by atoms with Gasteiger partial charge in [-0.1, -0.05) is 24.3 Å². The summed E-state index contributed by atoms with van der Waals surface area (Å²) in [5.41, 5.74) is 3.56. The molecule has 1 aromatic heterocycles. The highest BCUT2D eigenvalue weighted by Gasteiger charge is 2.22. The molecule has 4 rings (SSSR count). The molecule has 1 fully saturated rings. The number of benzene rings is 2. The average Bonchev–Trinajstić information content (AvgIpc) is 2.78. The summed E-state index contributed by atoms with van der Waals surface area (Å²) in [5.74, 6) is 1.70. The molecule has 2 N–H and O–H groups in total. The van der Waals surface area contributed by atoms with Gasteiger partial charge in [0, 0.05) is 57.9 Å². The molecule has 0 amide bonds. The molecule has 0 aliphatic heterocycles. The van der Waals surface area contributed by atoms with E-state index < -0.39 is 0 Å². The van der Waals surface area contributed by atoms with E-state index in [-0.39, 0.29) is 0 Å². The molecule has 1 heterocycles. The lowest BCUT2D eigenvalue weighted by Crippen LogP contribution is -2.37. The molecule has 0 spiro atoms. The van der Waals surface area contributed by atoms with Crippen LogP contribution in [-0.4, -0.2) is 50.2 Å². The molecule has 0 bridgehead atoms. The van der Waals surface area contributed by atoms with Gasteiger partial charge in [-0.05, 0) is 55.5 Å². The van der Waals surface area contributed by atoms with E-state index in [1.165, 1.54) is 24.1 Å². The second-order valence-electron chi connectivity index (χ2n) is 8.92. The number of para-hydroxylation sites is 1. The Kier molecular flexibility index (Phi) is 6.56. The SMILES string of the molecule is CN(C)c1ccc(CN[C@H]2CC[C@@H](Nc3nc(N(C)C)c4ccccc4n3)CC2)cc1. The van der Waals surface area contributed by atoms with E-state index in [1.54, 1.807) is 0 Å². The third-order valence-electron chi connectivity index (χ3n) is 6.11. The number of hydrogen-bond donors (Lipinski definition) is 2. The third-order valence-corrected chi connectivity index (χ3v) is 6.11. The summed E-state index contributed by atoms with van der Waals surface area (Å²) in [6.45, 7) is 0.927. The molecule has 1 saturated carbocycles. The number of hydrogen-bond acceptors (Lipinski definition) is 6. The third kappa shape index (κ3) is 5.25. The van der Waals surface area contributed by atoms with E-state index in [2.05, 4.69) is 70.9 Å². The van der Waals surface area contributed by atoms with E-state index in [0.717, 1.165) is 42.1 Å². The van der Waals surface area contributed by atoms with Gasteiger partial charge in [-0.25, -0.2) is 4.98 Å². The van der Waals surface area contributed by atoms with Crippen molar-refractivity contribution in [3.8, 4) is 0 Å². The Balaban J connectivity index is 1.31. The monoisotopic (exact) mass is 418 g/mol. The van der Waals surface area contributed by atoms with Crippen molar-refractivity contribution in [2.75, 3.05) is 43.3 Å². The Bertz CT molecular complexity index is 991. The summed E-state index contributed by atoms with van der Waals surface area (Å²) in [5, 5.41) is 8.43. The highest BCUT2D eigenvalue weighted by molar-refractivity contribution is 5.90. The zero-order valence-electron chi connectivity index (χ0n) is 19.1. The first-order chi connectivity index (χ1) is 15.0. The molecule has 2 aromatic carbocycles. The maximum atomic E-state index is 4.79. The highest BCUT2D eigenvalue weighted by atomic mass is 15.2. The van der Waals surface area contributed by atoms with Gasteiger partial charge in [-0.15, -0.1) is 0 Å². The number of fused-ring (bicyclic) bond motifs is 1. The molecule has 164 valence electrons. The average molecular weight is 419 g/mol. The van der Waals surface area contributed by atoms with Crippen molar-refractivity contribution in [2.24, 2.45) is 0 Å². The summed E-state index contributed by atoms with van der Waals surface area (Å²) >= 11 is 0. The van der Waals surface area contributed by atoms with Crippen molar-refractivity contribution in [3.63, 3.8) is 0 Å². The second-order valence-corrected chi connectivity index (χ2v) is 8.92. The van der Waals surface area contributed by atoms with Crippen molar-refractivity contribution in [2.45, 2.75) is 44.3 Å². The second kappa shape index (κ2) is 9.52. The van der Waals surface area contributed by atoms with Crippen LogP contribution in [0.2, 0.25) is 0 Å². The fourth-order valence-corrected chi connectivity index (χ4v) is 4.26. The molecule has 6 heteroatoms. The molecule has 1 aliphatic carbocycles. The molecule has 6 nitrogen and oxygen atoms in total. The normalized spacial score (nSPS) is 18.7. The van der Waals surface area contributed by atoms with Crippen molar-refractivity contribution < 1.29 is 0 Å². The van der Waals surface area contributed by atoms with E-state index >= 15 is 0 Å². The Labute approximate surface area is 185 Å². The minimum absolute atomic E-state index is 0.425. The molecule has 1 aliphatic rings. The summed E-state index contributed by atoms with van der Waals surface area (Å²) < 4.78 is 0. The van der Waals surface area contributed by atoms with Gasteiger partial charge in [0.05, 0.1) is 5.52 Å². The first-order valence-electron chi connectivity index (χ1n) is 11.2. The topological polar surface area (TPSA) is 56.3 Å². The Morgan fingerprint density at radius 3 is 2.16 bits per heavy atom. The first-order valence-corrected chi connectivity index (χ1v) is 11.2. The van der Waals surface area contributed by atoms with Gasteiger partial charge in [0.1, 0.15) is 5.82 Å². The van der Waals surface area contributed by atoms with Crippen LogP contribution >= 0.6 is 0 Å². The van der Waals surface area contributed by atoms with Gasteiger partial charge in [-0.3, -0.25) is 0 Å². The predicted molar refractivity (Wildman–Crippen MR) is 131 cm³/mol. The molecule has 0 radical (unpaired) electrons. The molecule has 0 saturated heterocycles. The van der Waals surface area contributed by atoms with E-state index in [0.29, 0.717) is 12.1 Å². The quantitative estimate of drug-likeness (QED) is 0.597. The highest BCUT2D eigenvalue weighted by Crippen LogP contribution is 2.26. The van der Waals surface area contributed by atoms with Gasteiger partial charge in [-0.2, -0.15) is 4.98 Å². The van der Waals surface area contributed by atoms with Gasteiger partial charge < -0.3 is 20.4 Å². The summed E-state index contributed by atoms with van der Waals surface area (Å²) in [6, 6.07) is 18.0. The van der Waals surface area contributed by atoms with Crippen LogP contribution in [0.25, 0.3) is 10.9 Å². The number of anilines is 3. The van der Waals surface area contributed by atoms with Gasteiger partial charge in [0.2, 0.25) is 5.95 Å². The van der Waals surface area contributed by atoms with Crippen LogP contribution in [0, 0.1) is 0 Å². The zero-order valence-corrected chi connectivity index (χ0v) is 19.1. The molecule has 0 atom stereocenters. The fraction of sp³-hybridized carbons (Fsp3) is 0.440. The largest absolute Gasteiger partial charge is 0.378 e. The maximum absolute atomic E-state index is 4.79. The minimum Gasteiger partial charge on any atom is -0.378 e. The number of nitrogens with zero attached hydrogens (tertiary/aromatic N) is 4. The molecule has 3 aromatic rings. The Morgan fingerprint density at radius 2 is 1.48 bits per heavy atom. The van der Waals surface area contributed by atoms with Crippen LogP contribution in [0.5, 0.6) is 0 Å². The number of aromatic nitrogens is 2. The van der Waals surface area contributed by atoms with Crippen LogP contribution in [-0.2, 0) is 6.54 Å². The number of rotatable bonds is 7. The van der Waals surface area contributed by atoms with E-state index in [9.17, 15) is 0 Å². The fourth-order valence-electron chi connectivity index (χ4n) is 4.26. The maximum Gasteiger partial charge on any atom is 0.225 e. The smallest absolute Gasteiger partial charge is 0.225 e. The van der Waals surface area contributed by atoms with E-state index in [1.807, 2.05) is 26.2 Å². The van der Waals surface area contributed by atoms with Crippen molar-refractivity contribution in [3.05, 3.63) is 54.1 Å². The molecular weight excluding hydrogens is 384 g/mol. The van der Waals surface area contributed by atoms with Crippen LogP contribution in [0.15, 0.2) is 48.5 Å².